The van der Waals surface area contributed by atoms with Crippen LogP contribution in [-0.4, -0.2) is 37.4 Å². The third-order valence-corrected chi connectivity index (χ3v) is 4.10. The summed E-state index contributed by atoms with van der Waals surface area (Å²) in [6.45, 7) is 1.80. The molecule has 0 saturated heterocycles. The van der Waals surface area contributed by atoms with Gasteiger partial charge in [-0.15, -0.1) is 5.10 Å². The fraction of sp³-hybridized carbons (Fsp3) is 0.385. The van der Waals surface area contributed by atoms with Crippen molar-refractivity contribution in [2.24, 2.45) is 0 Å². The van der Waals surface area contributed by atoms with Crippen LogP contribution >= 0.6 is 11.8 Å². The summed E-state index contributed by atoms with van der Waals surface area (Å²) >= 11 is 1.25. The van der Waals surface area contributed by atoms with Crippen LogP contribution in [0.3, 0.4) is 0 Å². The normalized spacial score (nSPS) is 15.7. The van der Waals surface area contributed by atoms with Gasteiger partial charge in [-0.05, 0) is 48.4 Å². The molecule has 0 radical (unpaired) electrons. The summed E-state index contributed by atoms with van der Waals surface area (Å²) in [6, 6.07) is 6.31. The summed E-state index contributed by atoms with van der Waals surface area (Å²) in [5.41, 5.74) is 0.525. The maximum absolute atomic E-state index is 13.3. The number of nitrogens with zero attached hydrogens (tertiary/aromatic N) is 4. The number of thioether (sulfide) groups is 1. The van der Waals surface area contributed by atoms with Crippen LogP contribution in [0.15, 0.2) is 29.4 Å². The third-order valence-electron chi connectivity index (χ3n) is 3.07. The number of tetrazole rings is 1. The molecule has 0 bridgehead atoms. The lowest BCUT2D eigenvalue weighted by Gasteiger charge is -2.11. The summed E-state index contributed by atoms with van der Waals surface area (Å²) in [6.07, 6.45) is 2.09. The van der Waals surface area contributed by atoms with Gasteiger partial charge in [0.15, 0.2) is 0 Å². The van der Waals surface area contributed by atoms with Crippen molar-refractivity contribution in [2.75, 3.05) is 0 Å². The van der Waals surface area contributed by atoms with Crippen molar-refractivity contribution in [3.05, 3.63) is 30.1 Å². The predicted octanol–water partition coefficient (Wildman–Crippen LogP) is 1.56. The van der Waals surface area contributed by atoms with Crippen LogP contribution in [0.1, 0.15) is 19.8 Å². The quantitative estimate of drug-likeness (QED) is 0.849. The number of carbonyl (C=O) groups is 1. The van der Waals surface area contributed by atoms with Crippen molar-refractivity contribution >= 4 is 17.7 Å². The largest absolute Gasteiger partial charge is 0.352 e. The molecule has 1 heterocycles. The van der Waals surface area contributed by atoms with E-state index in [1.165, 1.54) is 28.6 Å². The van der Waals surface area contributed by atoms with Gasteiger partial charge >= 0.3 is 0 Å². The number of benzene rings is 1. The van der Waals surface area contributed by atoms with Crippen molar-refractivity contribution in [3.8, 4) is 5.69 Å². The van der Waals surface area contributed by atoms with E-state index in [0.29, 0.717) is 16.9 Å². The van der Waals surface area contributed by atoms with Gasteiger partial charge in [-0.3, -0.25) is 4.79 Å². The maximum atomic E-state index is 13.3. The molecule has 8 heteroatoms. The number of carbonyl (C=O) groups excluding carboxylic acids is 1. The van der Waals surface area contributed by atoms with Crippen LogP contribution in [0.5, 0.6) is 0 Å². The summed E-state index contributed by atoms with van der Waals surface area (Å²) < 4.78 is 14.7. The number of hydrogen-bond acceptors (Lipinski definition) is 5. The van der Waals surface area contributed by atoms with E-state index in [9.17, 15) is 9.18 Å². The van der Waals surface area contributed by atoms with Crippen molar-refractivity contribution in [1.29, 1.82) is 0 Å². The van der Waals surface area contributed by atoms with Gasteiger partial charge in [0.25, 0.3) is 0 Å². The molecule has 0 aliphatic heterocycles. The molecule has 3 rings (SSSR count). The fourth-order valence-corrected chi connectivity index (χ4v) is 2.60. The third kappa shape index (κ3) is 3.38. The topological polar surface area (TPSA) is 72.7 Å². The number of hydrogen-bond donors (Lipinski definition) is 1. The van der Waals surface area contributed by atoms with Gasteiger partial charge < -0.3 is 5.32 Å². The van der Waals surface area contributed by atoms with E-state index >= 15 is 0 Å². The average molecular weight is 307 g/mol. The zero-order valence-electron chi connectivity index (χ0n) is 11.4. The molecule has 1 atom stereocenters. The highest BCUT2D eigenvalue weighted by Crippen LogP contribution is 2.25. The summed E-state index contributed by atoms with van der Waals surface area (Å²) in [5.74, 6) is -0.394. The van der Waals surface area contributed by atoms with Gasteiger partial charge in [0.05, 0.1) is 10.9 Å². The molecule has 1 saturated carbocycles. The zero-order valence-corrected chi connectivity index (χ0v) is 12.2. The van der Waals surface area contributed by atoms with E-state index in [4.69, 9.17) is 0 Å². The van der Waals surface area contributed by atoms with E-state index < -0.39 is 0 Å². The van der Waals surface area contributed by atoms with Crippen LogP contribution in [0.25, 0.3) is 5.69 Å². The van der Waals surface area contributed by atoms with E-state index in [2.05, 4.69) is 20.8 Å². The summed E-state index contributed by atoms with van der Waals surface area (Å²) in [7, 11) is 0. The Balaban J connectivity index is 1.74. The molecule has 1 amide bonds. The Morgan fingerprint density at radius 3 is 3.05 bits per heavy atom. The second-order valence-corrected chi connectivity index (χ2v) is 6.20. The molecule has 0 spiro atoms. The zero-order chi connectivity index (χ0) is 14.8. The van der Waals surface area contributed by atoms with E-state index in [1.54, 1.807) is 19.1 Å². The lowest BCUT2D eigenvalue weighted by Crippen LogP contribution is -2.32. The fourth-order valence-electron chi connectivity index (χ4n) is 1.78. The van der Waals surface area contributed by atoms with Crippen molar-refractivity contribution in [3.63, 3.8) is 0 Å². The summed E-state index contributed by atoms with van der Waals surface area (Å²) in [5, 5.41) is 14.4. The van der Waals surface area contributed by atoms with Crippen molar-refractivity contribution in [1.82, 2.24) is 25.5 Å². The molecule has 2 aromatic rings. The first kappa shape index (κ1) is 14.0. The molecule has 1 aliphatic rings. The maximum Gasteiger partial charge on any atom is 0.233 e. The minimum Gasteiger partial charge on any atom is -0.352 e. The summed E-state index contributed by atoms with van der Waals surface area (Å²) in [4.78, 5) is 12.0. The van der Waals surface area contributed by atoms with Gasteiger partial charge in [0.1, 0.15) is 5.82 Å². The molecular formula is C13H14FN5OS. The first-order chi connectivity index (χ1) is 10.1. The lowest BCUT2D eigenvalue weighted by atomic mass is 10.3. The number of rotatable bonds is 5. The Hall–Kier alpha value is -1.96. The highest BCUT2D eigenvalue weighted by Gasteiger charge is 2.27. The van der Waals surface area contributed by atoms with Crippen molar-refractivity contribution < 1.29 is 9.18 Å². The average Bonchev–Trinajstić information content (AvgIpc) is 3.15. The molecule has 1 aromatic carbocycles. The Bertz CT molecular complexity index is 658. The first-order valence-corrected chi connectivity index (χ1v) is 7.53. The molecule has 1 fully saturated rings. The van der Waals surface area contributed by atoms with Gasteiger partial charge in [0, 0.05) is 6.04 Å². The van der Waals surface area contributed by atoms with Crippen LogP contribution in [0.2, 0.25) is 0 Å². The Labute approximate surface area is 125 Å². The van der Waals surface area contributed by atoms with E-state index in [1.807, 2.05) is 0 Å². The minimum absolute atomic E-state index is 0.0312. The molecular weight excluding hydrogens is 293 g/mol. The van der Waals surface area contributed by atoms with Crippen LogP contribution in [0.4, 0.5) is 4.39 Å². The molecule has 0 unspecified atom stereocenters. The first-order valence-electron chi connectivity index (χ1n) is 6.65. The highest BCUT2D eigenvalue weighted by molar-refractivity contribution is 8.00. The van der Waals surface area contributed by atoms with Crippen LogP contribution < -0.4 is 5.32 Å². The molecule has 6 nitrogen and oxygen atoms in total. The van der Waals surface area contributed by atoms with E-state index in [0.717, 1.165) is 12.8 Å². The Kier molecular flexibility index (Phi) is 3.87. The predicted molar refractivity (Wildman–Crippen MR) is 75.6 cm³/mol. The number of halogens is 1. The Morgan fingerprint density at radius 2 is 2.33 bits per heavy atom. The lowest BCUT2D eigenvalue weighted by molar-refractivity contribution is -0.120. The SMILES string of the molecule is C[C@@H](Sc1nnnn1-c1cccc(F)c1)C(=O)NC1CC1. The second kappa shape index (κ2) is 5.80. The molecule has 1 aliphatic carbocycles. The van der Waals surface area contributed by atoms with Gasteiger partial charge in [0.2, 0.25) is 11.1 Å². The molecule has 110 valence electrons. The molecule has 1 aromatic heterocycles. The monoisotopic (exact) mass is 307 g/mol. The van der Waals surface area contributed by atoms with Gasteiger partial charge in [-0.1, -0.05) is 17.8 Å². The van der Waals surface area contributed by atoms with Gasteiger partial charge in [-0.25, -0.2) is 4.39 Å². The number of aromatic nitrogens is 4. The van der Waals surface area contributed by atoms with Gasteiger partial charge in [-0.2, -0.15) is 4.68 Å². The van der Waals surface area contributed by atoms with Crippen LogP contribution in [-0.2, 0) is 4.79 Å². The molecule has 21 heavy (non-hydrogen) atoms. The smallest absolute Gasteiger partial charge is 0.233 e. The highest BCUT2D eigenvalue weighted by atomic mass is 32.2. The van der Waals surface area contributed by atoms with Crippen molar-refractivity contribution in [2.45, 2.75) is 36.2 Å². The number of nitrogens with one attached hydrogen (secondary N) is 1. The second-order valence-electron chi connectivity index (χ2n) is 4.90. The standard InChI is InChI=1S/C13H14FN5OS/c1-8(12(20)15-10-5-6-10)21-13-16-17-18-19(13)11-4-2-3-9(14)7-11/h2-4,7-8,10H,5-6H2,1H3,(H,15,20)/t8-/m1/s1. The molecule has 1 N–H and O–H groups in total. The van der Waals surface area contributed by atoms with Crippen LogP contribution in [0, 0.1) is 5.82 Å². The minimum atomic E-state index is -0.363. The van der Waals surface area contributed by atoms with E-state index in [-0.39, 0.29) is 17.0 Å². The number of amides is 1. The Morgan fingerprint density at radius 1 is 1.52 bits per heavy atom.